The molecule has 4 aromatic rings. The lowest BCUT2D eigenvalue weighted by molar-refractivity contribution is -0.137. The Hall–Kier alpha value is -4.65. The number of alkyl halides is 3. The molecule has 0 radical (unpaired) electrons. The Morgan fingerprint density at radius 2 is 1.69 bits per heavy atom. The lowest BCUT2D eigenvalue weighted by atomic mass is 9.95. The van der Waals surface area contributed by atoms with Gasteiger partial charge in [-0.3, -0.25) is 19.5 Å². The highest BCUT2D eigenvalue weighted by molar-refractivity contribution is 5.94. The fourth-order valence-electron chi connectivity index (χ4n) is 7.61. The molecule has 3 aliphatic heterocycles. The molecule has 11 nitrogen and oxygen atoms in total. The number of ketones is 1. The van der Waals surface area contributed by atoms with E-state index >= 15 is 4.39 Å². The van der Waals surface area contributed by atoms with E-state index in [0.717, 1.165) is 81.6 Å². The molecule has 0 saturated carbocycles. The minimum absolute atomic E-state index is 0.0476. The summed E-state index contributed by atoms with van der Waals surface area (Å²) in [5.74, 6) is 0.235. The van der Waals surface area contributed by atoms with Crippen LogP contribution in [0, 0.1) is 23.1 Å². The number of carbonyl (C=O) groups is 1. The number of likely N-dealkylation sites (tertiary alicyclic amines) is 2. The van der Waals surface area contributed by atoms with Crippen molar-refractivity contribution in [3.8, 4) is 17.5 Å². The van der Waals surface area contributed by atoms with Crippen molar-refractivity contribution >= 4 is 22.9 Å². The van der Waals surface area contributed by atoms with E-state index in [0.29, 0.717) is 50.0 Å². The third-order valence-electron chi connectivity index (χ3n) is 10.4. The number of piperazine rings is 1. The number of nitrogens with one attached hydrogen (secondary N) is 1. The van der Waals surface area contributed by atoms with E-state index in [1.165, 1.54) is 0 Å². The van der Waals surface area contributed by atoms with E-state index in [2.05, 4.69) is 25.2 Å². The van der Waals surface area contributed by atoms with Gasteiger partial charge in [0.15, 0.2) is 17.5 Å². The number of nitrogens with zero attached hydrogens (tertiary/aromatic N) is 9. The summed E-state index contributed by atoms with van der Waals surface area (Å²) in [6.07, 6.45) is 2.81. The molecule has 3 aliphatic rings. The zero-order valence-electron chi connectivity index (χ0n) is 28.9. The summed E-state index contributed by atoms with van der Waals surface area (Å²) in [5.41, 5.74) is 1.76. The Balaban J connectivity index is 0.994. The molecule has 3 saturated heterocycles. The molecule has 0 amide bonds. The van der Waals surface area contributed by atoms with E-state index in [4.69, 9.17) is 10.2 Å². The van der Waals surface area contributed by atoms with Gasteiger partial charge in [-0.15, -0.1) is 0 Å². The number of carbonyl (C=O) groups excluding carboxylic acids is 1. The number of nitriles is 1. The average molecular weight is 719 g/mol. The first-order chi connectivity index (χ1) is 25.1. The molecule has 0 spiro atoms. The minimum Gasteiger partial charge on any atom is -0.363 e. The van der Waals surface area contributed by atoms with Gasteiger partial charge in [-0.05, 0) is 81.1 Å². The summed E-state index contributed by atoms with van der Waals surface area (Å²) >= 11 is 0. The topological polar surface area (TPSA) is 109 Å². The van der Waals surface area contributed by atoms with Gasteiger partial charge < -0.3 is 10.2 Å². The van der Waals surface area contributed by atoms with Gasteiger partial charge in [0.05, 0.1) is 29.4 Å². The number of pyridine rings is 1. The first-order valence-corrected chi connectivity index (χ1v) is 17.9. The zero-order valence-corrected chi connectivity index (χ0v) is 28.9. The predicted octanol–water partition coefficient (Wildman–Crippen LogP) is 4.95. The molecule has 1 atom stereocenters. The van der Waals surface area contributed by atoms with Crippen molar-refractivity contribution in [3.63, 3.8) is 0 Å². The number of Topliss-reactive ketones (excluding diaryl/α,β-unsaturated/α-hetero) is 1. The van der Waals surface area contributed by atoms with Crippen molar-refractivity contribution in [3.05, 3.63) is 71.8 Å². The van der Waals surface area contributed by atoms with Crippen molar-refractivity contribution in [1.29, 1.82) is 5.26 Å². The number of hydrogen-bond acceptors (Lipinski definition) is 10. The first kappa shape index (κ1) is 35.7. The number of benzene rings is 1. The molecule has 274 valence electrons. The van der Waals surface area contributed by atoms with Crippen LogP contribution in [-0.4, -0.2) is 112 Å². The molecule has 1 N–H and O–H groups in total. The van der Waals surface area contributed by atoms with Crippen molar-refractivity contribution in [1.82, 2.24) is 34.3 Å². The Bertz CT molecular complexity index is 1890. The van der Waals surface area contributed by atoms with Crippen molar-refractivity contribution in [2.75, 3.05) is 75.7 Å². The summed E-state index contributed by atoms with van der Waals surface area (Å²) in [6.45, 7) is 7.33. The van der Waals surface area contributed by atoms with Crippen LogP contribution in [0.1, 0.15) is 36.8 Å². The maximum Gasteiger partial charge on any atom is 0.416 e. The normalized spacial score (nSPS) is 19.9. The smallest absolute Gasteiger partial charge is 0.363 e. The fraction of sp³-hybridized carbons (Fsp3) is 0.486. The van der Waals surface area contributed by atoms with E-state index in [-0.39, 0.29) is 24.2 Å². The molecule has 6 heterocycles. The lowest BCUT2D eigenvalue weighted by Crippen LogP contribution is -2.49. The van der Waals surface area contributed by atoms with Gasteiger partial charge in [-0.25, -0.2) is 14.5 Å². The molecule has 3 fully saturated rings. The fourth-order valence-corrected chi connectivity index (χ4v) is 7.61. The monoisotopic (exact) mass is 718 g/mol. The summed E-state index contributed by atoms with van der Waals surface area (Å²) in [4.78, 5) is 29.9. The van der Waals surface area contributed by atoms with Crippen LogP contribution in [0.25, 0.3) is 16.9 Å². The van der Waals surface area contributed by atoms with Crippen LogP contribution in [0.15, 0.2) is 54.9 Å². The quantitative estimate of drug-likeness (QED) is 0.179. The largest absolute Gasteiger partial charge is 0.416 e. The first-order valence-electron chi connectivity index (χ1n) is 17.9. The number of rotatable bonds is 10. The predicted molar refractivity (Wildman–Crippen MR) is 188 cm³/mol. The highest BCUT2D eigenvalue weighted by Gasteiger charge is 2.31. The summed E-state index contributed by atoms with van der Waals surface area (Å²) in [6, 6.07) is 12.7. The van der Waals surface area contributed by atoms with E-state index in [1.54, 1.807) is 28.9 Å². The molecular formula is C37H42F4N10O. The number of piperidine rings is 2. The van der Waals surface area contributed by atoms with E-state index in [1.807, 2.05) is 34.2 Å². The van der Waals surface area contributed by atoms with Crippen molar-refractivity contribution in [2.45, 2.75) is 44.4 Å². The second-order valence-corrected chi connectivity index (χ2v) is 14.1. The molecule has 1 aromatic carbocycles. The van der Waals surface area contributed by atoms with Crippen LogP contribution in [0.5, 0.6) is 0 Å². The van der Waals surface area contributed by atoms with Crippen LogP contribution in [0.4, 0.5) is 29.2 Å². The second-order valence-electron chi connectivity index (χ2n) is 14.1. The Morgan fingerprint density at radius 1 is 0.923 bits per heavy atom. The van der Waals surface area contributed by atoms with Crippen LogP contribution in [-0.2, 0) is 17.5 Å². The highest BCUT2D eigenvalue weighted by Crippen LogP contribution is 2.32. The average Bonchev–Trinajstić information content (AvgIpc) is 3.58. The number of fused-ring (bicyclic) bond motifs is 1. The number of halogens is 4. The molecule has 0 unspecified atom stereocenters. The highest BCUT2D eigenvalue weighted by atomic mass is 19.4. The SMILES string of the molecule is N#CC(=O)CN1CCC[C@@H](Nc2nc(-c3cnn4ccccc34)nc(N3CCN(CC4CCN(Cc5ccc(C(F)(F)F)cc5)CC4)CC3)c2F)C1. The van der Waals surface area contributed by atoms with Gasteiger partial charge >= 0.3 is 6.18 Å². The number of aromatic nitrogens is 4. The van der Waals surface area contributed by atoms with Crippen LogP contribution >= 0.6 is 0 Å². The van der Waals surface area contributed by atoms with Gasteiger partial charge in [0.1, 0.15) is 6.07 Å². The molecular weight excluding hydrogens is 676 g/mol. The maximum absolute atomic E-state index is 16.4. The summed E-state index contributed by atoms with van der Waals surface area (Å²) in [7, 11) is 0. The van der Waals surface area contributed by atoms with Gasteiger partial charge in [0.25, 0.3) is 0 Å². The lowest BCUT2D eigenvalue weighted by Gasteiger charge is -2.39. The minimum atomic E-state index is -4.33. The molecule has 15 heteroatoms. The standard InChI is InChI=1S/C37H42F4N10O/c38-33-35(44-29-4-3-12-49(24-29)25-30(52)20-42)45-34(31-21-43-51-13-2-1-5-32(31)51)46-36(33)50-18-16-48(17-19-50)23-27-10-14-47(15-11-27)22-26-6-8-28(9-7-26)37(39,40)41/h1-2,5-9,13,21,27,29H,3-4,10-12,14-19,22-25H2,(H,44,45,46)/t29-/m1/s1. The molecule has 7 rings (SSSR count). The number of anilines is 2. The van der Waals surface area contributed by atoms with Crippen molar-refractivity contribution < 1.29 is 22.4 Å². The van der Waals surface area contributed by atoms with Crippen molar-refractivity contribution in [2.24, 2.45) is 5.92 Å². The summed E-state index contributed by atoms with van der Waals surface area (Å²) in [5, 5.41) is 16.7. The van der Waals surface area contributed by atoms with E-state index in [9.17, 15) is 18.0 Å². The second kappa shape index (κ2) is 15.5. The molecule has 3 aromatic heterocycles. The van der Waals surface area contributed by atoms with E-state index < -0.39 is 23.3 Å². The van der Waals surface area contributed by atoms with Gasteiger partial charge in [-0.2, -0.15) is 27.9 Å². The van der Waals surface area contributed by atoms with Crippen LogP contribution < -0.4 is 10.2 Å². The molecule has 52 heavy (non-hydrogen) atoms. The third kappa shape index (κ3) is 8.35. The maximum atomic E-state index is 16.4. The summed E-state index contributed by atoms with van der Waals surface area (Å²) < 4.78 is 57.0. The van der Waals surface area contributed by atoms with Gasteiger partial charge in [-0.1, -0.05) is 18.2 Å². The van der Waals surface area contributed by atoms with Crippen LogP contribution in [0.3, 0.4) is 0 Å². The van der Waals surface area contributed by atoms with Gasteiger partial charge in [0.2, 0.25) is 11.6 Å². The Kier molecular flexibility index (Phi) is 10.7. The Morgan fingerprint density at radius 3 is 2.42 bits per heavy atom. The number of hydrogen-bond donors (Lipinski definition) is 1. The Labute approximate surface area is 299 Å². The molecule has 0 aliphatic carbocycles. The van der Waals surface area contributed by atoms with Crippen LogP contribution in [0.2, 0.25) is 0 Å². The third-order valence-corrected chi connectivity index (χ3v) is 10.4. The zero-order chi connectivity index (χ0) is 36.2. The molecule has 0 bridgehead atoms. The van der Waals surface area contributed by atoms with Gasteiger partial charge in [0, 0.05) is 58.1 Å².